The Morgan fingerprint density at radius 3 is 2.52 bits per heavy atom. The molecule has 0 atom stereocenters. The summed E-state index contributed by atoms with van der Waals surface area (Å²) < 4.78 is 3.01. The fraction of sp³-hybridized carbons (Fsp3) is 0.100. The summed E-state index contributed by atoms with van der Waals surface area (Å²) in [6, 6.07) is 14.9. The number of allylic oxidation sites excluding steroid dienone is 1. The summed E-state index contributed by atoms with van der Waals surface area (Å²) >= 11 is 11.0. The summed E-state index contributed by atoms with van der Waals surface area (Å²) in [6.07, 6.45) is 1.83. The van der Waals surface area contributed by atoms with E-state index in [2.05, 4.69) is 44.9 Å². The second-order valence-corrected chi connectivity index (χ2v) is 8.36. The molecule has 0 fully saturated rings. The van der Waals surface area contributed by atoms with Crippen LogP contribution in [0.2, 0.25) is 5.02 Å². The molecule has 0 radical (unpaired) electrons. The van der Waals surface area contributed by atoms with E-state index in [9.17, 15) is 4.79 Å². The first kappa shape index (κ1) is 19.6. The molecule has 0 saturated heterocycles. The summed E-state index contributed by atoms with van der Waals surface area (Å²) in [5, 5.41) is 1.52. The van der Waals surface area contributed by atoms with Crippen molar-refractivity contribution in [3.05, 3.63) is 81.1 Å². The van der Waals surface area contributed by atoms with Crippen molar-refractivity contribution >= 4 is 49.9 Å². The number of carbonyl (C=O) groups is 1. The number of carbonyl (C=O) groups excluding carboxylic acids is 1. The van der Waals surface area contributed by atoms with E-state index >= 15 is 0 Å². The number of anilines is 1. The third-order valence-corrected chi connectivity index (χ3v) is 5.71. The molecule has 0 unspecified atom stereocenters. The van der Waals surface area contributed by atoms with Crippen LogP contribution in [0.25, 0.3) is 11.3 Å². The Bertz CT molecular complexity index is 968. The first-order chi connectivity index (χ1) is 13.0. The largest absolute Gasteiger partial charge is 0.358 e. The lowest BCUT2D eigenvalue weighted by molar-refractivity contribution is -0.658. The predicted octanol–water partition coefficient (Wildman–Crippen LogP) is 5.37. The van der Waals surface area contributed by atoms with Gasteiger partial charge in [-0.25, -0.2) is 4.57 Å². The zero-order valence-corrected chi connectivity index (χ0v) is 17.8. The van der Waals surface area contributed by atoms with Gasteiger partial charge < -0.3 is 0 Å². The van der Waals surface area contributed by atoms with Crippen LogP contribution in [0, 0.1) is 6.92 Å². The molecule has 27 heavy (non-hydrogen) atoms. The van der Waals surface area contributed by atoms with E-state index in [-0.39, 0.29) is 5.91 Å². The molecular weight excluding hydrogens is 446 g/mol. The molecule has 0 bridgehead atoms. The molecule has 1 aromatic heterocycles. The zero-order valence-electron chi connectivity index (χ0n) is 14.6. The van der Waals surface area contributed by atoms with Crippen molar-refractivity contribution in [1.29, 1.82) is 0 Å². The molecule has 1 heterocycles. The van der Waals surface area contributed by atoms with E-state index in [1.165, 1.54) is 0 Å². The second kappa shape index (κ2) is 8.69. The molecule has 7 heteroatoms. The lowest BCUT2D eigenvalue weighted by atomic mass is 10.1. The number of hydrazine groups is 1. The number of nitrogens with one attached hydrogen (secondary N) is 2. The van der Waals surface area contributed by atoms with E-state index in [4.69, 9.17) is 11.6 Å². The Hall–Kier alpha value is -2.15. The van der Waals surface area contributed by atoms with E-state index < -0.39 is 0 Å². The number of hydrogen-bond donors (Lipinski definition) is 2. The van der Waals surface area contributed by atoms with Gasteiger partial charge in [0.15, 0.2) is 0 Å². The van der Waals surface area contributed by atoms with Crippen molar-refractivity contribution in [1.82, 2.24) is 5.43 Å². The molecule has 4 nitrogen and oxygen atoms in total. The first-order valence-electron chi connectivity index (χ1n) is 8.21. The maximum Gasteiger partial charge on any atom is 0.358 e. The summed E-state index contributed by atoms with van der Waals surface area (Å²) in [5.74, 6) is -0.202. The van der Waals surface area contributed by atoms with Gasteiger partial charge in [-0.1, -0.05) is 40.2 Å². The molecule has 1 amide bonds. The average Bonchev–Trinajstić information content (AvgIpc) is 2.97. The van der Waals surface area contributed by atoms with Crippen molar-refractivity contribution in [3.8, 4) is 11.3 Å². The maximum absolute atomic E-state index is 12.4. The Labute approximate surface area is 175 Å². The summed E-state index contributed by atoms with van der Waals surface area (Å²) in [7, 11) is 0. The van der Waals surface area contributed by atoms with E-state index in [1.807, 2.05) is 42.5 Å². The molecule has 3 aromatic rings. The number of thiazole rings is 1. The van der Waals surface area contributed by atoms with Crippen molar-refractivity contribution in [2.75, 3.05) is 5.43 Å². The first-order valence-corrected chi connectivity index (χ1v) is 10.2. The van der Waals surface area contributed by atoms with E-state index in [0.29, 0.717) is 17.1 Å². The summed E-state index contributed by atoms with van der Waals surface area (Å²) in [5.41, 5.74) is 8.51. The number of benzene rings is 2. The van der Waals surface area contributed by atoms with Gasteiger partial charge >= 0.3 is 5.13 Å². The van der Waals surface area contributed by atoms with Gasteiger partial charge in [-0.05, 0) is 66.8 Å². The molecule has 0 saturated carbocycles. The number of aryl methyl sites for hydroxylation is 1. The van der Waals surface area contributed by atoms with Gasteiger partial charge in [0.25, 0.3) is 5.91 Å². The zero-order chi connectivity index (χ0) is 19.4. The monoisotopic (exact) mass is 462 g/mol. The van der Waals surface area contributed by atoms with Gasteiger partial charge in [0.05, 0.1) is 4.88 Å². The van der Waals surface area contributed by atoms with Crippen molar-refractivity contribution in [2.45, 2.75) is 13.5 Å². The van der Waals surface area contributed by atoms with Crippen LogP contribution in [-0.4, -0.2) is 5.91 Å². The van der Waals surface area contributed by atoms with E-state index in [0.717, 1.165) is 25.7 Å². The molecule has 3 rings (SSSR count). The molecule has 0 aliphatic carbocycles. The number of amides is 1. The Kier molecular flexibility index (Phi) is 6.31. The predicted molar refractivity (Wildman–Crippen MR) is 115 cm³/mol. The molecule has 0 aliphatic heterocycles. The van der Waals surface area contributed by atoms with Crippen LogP contribution in [0.15, 0.2) is 65.7 Å². The van der Waals surface area contributed by atoms with Crippen LogP contribution < -0.4 is 15.4 Å². The number of hydrogen-bond acceptors (Lipinski definition) is 3. The molecule has 138 valence electrons. The minimum absolute atomic E-state index is 0.202. The molecule has 0 spiro atoms. The summed E-state index contributed by atoms with van der Waals surface area (Å²) in [6.45, 7) is 6.51. The van der Waals surface area contributed by atoms with Crippen molar-refractivity contribution < 1.29 is 9.36 Å². The number of nitrogens with zero attached hydrogens (tertiary/aromatic N) is 1. The van der Waals surface area contributed by atoms with Crippen molar-refractivity contribution in [3.63, 3.8) is 0 Å². The highest BCUT2D eigenvalue weighted by atomic mass is 79.9. The van der Waals surface area contributed by atoms with Crippen LogP contribution in [0.5, 0.6) is 0 Å². The molecule has 2 N–H and O–H groups in total. The average molecular weight is 464 g/mol. The topological polar surface area (TPSA) is 45.0 Å². The van der Waals surface area contributed by atoms with Gasteiger partial charge in [0.1, 0.15) is 12.2 Å². The summed E-state index contributed by atoms with van der Waals surface area (Å²) in [4.78, 5) is 13.5. The van der Waals surface area contributed by atoms with Gasteiger partial charge in [-0.2, -0.15) is 10.9 Å². The van der Waals surface area contributed by atoms with Crippen LogP contribution in [-0.2, 0) is 6.54 Å². The van der Waals surface area contributed by atoms with Crippen molar-refractivity contribution in [2.24, 2.45) is 0 Å². The van der Waals surface area contributed by atoms with Crippen LogP contribution >= 0.6 is 38.9 Å². The maximum atomic E-state index is 12.4. The quantitative estimate of drug-likeness (QED) is 0.293. The third-order valence-electron chi connectivity index (χ3n) is 3.92. The lowest BCUT2D eigenvalue weighted by Gasteiger charge is -2.06. The van der Waals surface area contributed by atoms with E-state index in [1.54, 1.807) is 23.5 Å². The number of halogens is 2. The van der Waals surface area contributed by atoms with Crippen LogP contribution in [0.1, 0.15) is 15.2 Å². The molecular formula is C20H18BrClN3OS+. The van der Waals surface area contributed by atoms with Gasteiger partial charge in [-0.3, -0.25) is 4.79 Å². The Balaban J connectivity index is 1.86. The molecule has 0 aliphatic rings. The Morgan fingerprint density at radius 2 is 1.89 bits per heavy atom. The fourth-order valence-corrected chi connectivity index (χ4v) is 4.07. The smallest absolute Gasteiger partial charge is 0.266 e. The number of aromatic nitrogens is 1. The van der Waals surface area contributed by atoms with Gasteiger partial charge in [0.2, 0.25) is 0 Å². The standard InChI is InChI=1S/C20H17BrClN3OS/c1-3-12-25-18(14-6-10-17(22)11-7-14)13(2)27-20(25)24-23-19(26)15-4-8-16(21)9-5-15/h3-11H,1,12H2,2H3,(H,23,26)/p+1. The Morgan fingerprint density at radius 1 is 1.22 bits per heavy atom. The SMILES string of the molecule is C=CC[n+]1c(NNC(=O)c2ccc(Br)cc2)sc(C)c1-c1ccc(Cl)cc1. The van der Waals surface area contributed by atoms with Gasteiger partial charge in [0, 0.05) is 20.6 Å². The minimum atomic E-state index is -0.202. The molecule has 2 aromatic carbocycles. The normalized spacial score (nSPS) is 10.5. The second-order valence-electron chi connectivity index (χ2n) is 5.80. The highest BCUT2D eigenvalue weighted by Gasteiger charge is 2.23. The minimum Gasteiger partial charge on any atom is -0.266 e. The highest BCUT2D eigenvalue weighted by Crippen LogP contribution is 2.29. The fourth-order valence-electron chi connectivity index (χ4n) is 2.69. The third kappa shape index (κ3) is 4.58. The highest BCUT2D eigenvalue weighted by molar-refractivity contribution is 9.10. The van der Waals surface area contributed by atoms with Gasteiger partial charge in [-0.15, -0.1) is 0 Å². The lowest BCUT2D eigenvalue weighted by Crippen LogP contribution is -2.40. The number of rotatable bonds is 6. The van der Waals surface area contributed by atoms with Crippen LogP contribution in [0.3, 0.4) is 0 Å². The van der Waals surface area contributed by atoms with Crippen LogP contribution in [0.4, 0.5) is 5.13 Å².